The Labute approximate surface area is 123 Å². The molecule has 3 heteroatoms. The molecule has 0 aromatic heterocycles. The number of nitrogens with zero attached hydrogens (tertiary/aromatic N) is 2. The van der Waals surface area contributed by atoms with Crippen molar-refractivity contribution < 1.29 is 0 Å². The van der Waals surface area contributed by atoms with E-state index in [-0.39, 0.29) is 6.04 Å². The highest BCUT2D eigenvalue weighted by Gasteiger charge is 2.28. The van der Waals surface area contributed by atoms with Crippen molar-refractivity contribution >= 4 is 29.2 Å². The molecule has 4 rings (SSSR count). The van der Waals surface area contributed by atoms with E-state index < -0.39 is 0 Å². The van der Waals surface area contributed by atoms with Crippen LogP contribution in [0.25, 0.3) is 6.08 Å². The third-order valence-electron chi connectivity index (χ3n) is 3.80. The lowest BCUT2D eigenvalue weighted by Crippen LogP contribution is -2.28. The number of benzene rings is 2. The van der Waals surface area contributed by atoms with Gasteiger partial charge in [-0.2, -0.15) is 0 Å². The van der Waals surface area contributed by atoms with E-state index in [1.165, 1.54) is 11.3 Å². The van der Waals surface area contributed by atoms with Crippen LogP contribution in [-0.2, 0) is 0 Å². The van der Waals surface area contributed by atoms with Crippen LogP contribution >= 0.6 is 11.6 Å². The van der Waals surface area contributed by atoms with Crippen molar-refractivity contribution in [3.63, 3.8) is 0 Å². The Morgan fingerprint density at radius 2 is 1.90 bits per heavy atom. The molecule has 0 amide bonds. The molecular weight excluding hydrogens is 268 g/mol. The second kappa shape index (κ2) is 4.50. The van der Waals surface area contributed by atoms with E-state index in [0.717, 1.165) is 23.0 Å². The molecule has 2 aliphatic heterocycles. The molecule has 1 atom stereocenters. The second-order valence-corrected chi connectivity index (χ2v) is 5.50. The smallest absolute Gasteiger partial charge is 0.128 e. The molecule has 0 fully saturated rings. The van der Waals surface area contributed by atoms with Crippen LogP contribution in [0, 0.1) is 0 Å². The first-order chi connectivity index (χ1) is 9.81. The SMILES string of the molecule is Clc1ccc2c(c1)C=CC1=N[C@H](c3ccccc3)CN12. The van der Waals surface area contributed by atoms with Crippen LogP contribution in [0.2, 0.25) is 5.02 Å². The van der Waals surface area contributed by atoms with Crippen molar-refractivity contribution in [2.45, 2.75) is 6.04 Å². The van der Waals surface area contributed by atoms with E-state index in [9.17, 15) is 0 Å². The summed E-state index contributed by atoms with van der Waals surface area (Å²) >= 11 is 6.06. The van der Waals surface area contributed by atoms with Gasteiger partial charge >= 0.3 is 0 Å². The molecule has 0 saturated carbocycles. The Kier molecular flexibility index (Phi) is 2.64. The van der Waals surface area contributed by atoms with Crippen LogP contribution in [0.1, 0.15) is 17.2 Å². The highest BCUT2D eigenvalue weighted by atomic mass is 35.5. The van der Waals surface area contributed by atoms with Gasteiger partial charge in [0.05, 0.1) is 12.6 Å². The summed E-state index contributed by atoms with van der Waals surface area (Å²) in [6.45, 7) is 0.887. The fraction of sp³-hybridized carbons (Fsp3) is 0.118. The first-order valence-electron chi connectivity index (χ1n) is 6.69. The quantitative estimate of drug-likeness (QED) is 0.759. The monoisotopic (exact) mass is 280 g/mol. The van der Waals surface area contributed by atoms with Gasteiger partial charge in [-0.05, 0) is 41.5 Å². The van der Waals surface area contributed by atoms with Crippen LogP contribution in [-0.4, -0.2) is 12.4 Å². The zero-order valence-electron chi connectivity index (χ0n) is 10.8. The number of fused-ring (bicyclic) bond motifs is 3. The number of anilines is 1. The minimum Gasteiger partial charge on any atom is -0.324 e. The Balaban J connectivity index is 1.72. The molecule has 0 bridgehead atoms. The van der Waals surface area contributed by atoms with Crippen molar-refractivity contribution in [1.29, 1.82) is 0 Å². The molecule has 0 radical (unpaired) electrons. The average molecular weight is 281 g/mol. The highest BCUT2D eigenvalue weighted by Crippen LogP contribution is 2.35. The van der Waals surface area contributed by atoms with E-state index in [4.69, 9.17) is 16.6 Å². The summed E-state index contributed by atoms with van der Waals surface area (Å²) in [7, 11) is 0. The first-order valence-corrected chi connectivity index (χ1v) is 7.07. The maximum absolute atomic E-state index is 6.06. The normalized spacial score (nSPS) is 19.6. The molecule has 0 N–H and O–H groups in total. The summed E-state index contributed by atoms with van der Waals surface area (Å²) in [6.07, 6.45) is 4.16. The van der Waals surface area contributed by atoms with Crippen molar-refractivity contribution in [2.75, 3.05) is 11.4 Å². The molecule has 2 aliphatic rings. The fourth-order valence-electron chi connectivity index (χ4n) is 2.82. The van der Waals surface area contributed by atoms with Crippen LogP contribution in [0.5, 0.6) is 0 Å². The molecule has 2 nitrogen and oxygen atoms in total. The predicted molar refractivity (Wildman–Crippen MR) is 84.5 cm³/mol. The van der Waals surface area contributed by atoms with Gasteiger partial charge in [0.1, 0.15) is 5.84 Å². The summed E-state index contributed by atoms with van der Waals surface area (Å²) in [5.74, 6) is 1.04. The lowest BCUT2D eigenvalue weighted by Gasteiger charge is -2.25. The van der Waals surface area contributed by atoms with Gasteiger partial charge in [0.15, 0.2) is 0 Å². The van der Waals surface area contributed by atoms with E-state index in [2.05, 4.69) is 47.4 Å². The Bertz CT molecular complexity index is 719. The molecule has 2 heterocycles. The lowest BCUT2D eigenvalue weighted by molar-refractivity contribution is 0.780. The number of amidine groups is 1. The zero-order valence-corrected chi connectivity index (χ0v) is 11.6. The van der Waals surface area contributed by atoms with E-state index in [1.54, 1.807) is 0 Å². The summed E-state index contributed by atoms with van der Waals surface area (Å²) in [4.78, 5) is 7.09. The van der Waals surface area contributed by atoms with Gasteiger partial charge in [-0.15, -0.1) is 0 Å². The Hall–Kier alpha value is -2.06. The standard InChI is InChI=1S/C17H13ClN2/c18-14-7-8-16-13(10-14)6-9-17-19-15(11-20(16)17)12-4-2-1-3-5-12/h1-10,15H,11H2/t15-/m0/s1. The van der Waals surface area contributed by atoms with E-state index in [1.807, 2.05) is 18.2 Å². The average Bonchev–Trinajstić information content (AvgIpc) is 2.92. The highest BCUT2D eigenvalue weighted by molar-refractivity contribution is 6.31. The van der Waals surface area contributed by atoms with Crippen LogP contribution < -0.4 is 4.90 Å². The molecule has 0 aliphatic carbocycles. The molecule has 2 aromatic carbocycles. The van der Waals surface area contributed by atoms with Gasteiger partial charge < -0.3 is 4.90 Å². The number of hydrogen-bond donors (Lipinski definition) is 0. The van der Waals surface area contributed by atoms with Gasteiger partial charge in [-0.25, -0.2) is 0 Å². The molecule has 2 aromatic rings. The lowest BCUT2D eigenvalue weighted by atomic mass is 10.1. The van der Waals surface area contributed by atoms with Gasteiger partial charge in [0.25, 0.3) is 0 Å². The van der Waals surface area contributed by atoms with Crippen molar-refractivity contribution in [3.8, 4) is 0 Å². The molecule has 20 heavy (non-hydrogen) atoms. The number of aliphatic imine (C=N–C) groups is 1. The Morgan fingerprint density at radius 3 is 2.75 bits per heavy atom. The second-order valence-electron chi connectivity index (χ2n) is 5.06. The predicted octanol–water partition coefficient (Wildman–Crippen LogP) is 4.33. The van der Waals surface area contributed by atoms with Gasteiger partial charge in [-0.3, -0.25) is 4.99 Å². The van der Waals surface area contributed by atoms with Crippen molar-refractivity contribution in [1.82, 2.24) is 0 Å². The van der Waals surface area contributed by atoms with Gasteiger partial charge in [0.2, 0.25) is 0 Å². The topological polar surface area (TPSA) is 15.6 Å². The Morgan fingerprint density at radius 1 is 1.05 bits per heavy atom. The molecule has 0 unspecified atom stereocenters. The fourth-order valence-corrected chi connectivity index (χ4v) is 3.00. The van der Waals surface area contributed by atoms with Crippen LogP contribution in [0.3, 0.4) is 0 Å². The summed E-state index contributed by atoms with van der Waals surface area (Å²) < 4.78 is 0. The van der Waals surface area contributed by atoms with Crippen LogP contribution in [0.4, 0.5) is 5.69 Å². The molecule has 98 valence electrons. The number of rotatable bonds is 1. The van der Waals surface area contributed by atoms with Gasteiger partial charge in [0, 0.05) is 10.7 Å². The van der Waals surface area contributed by atoms with Crippen molar-refractivity contribution in [2.24, 2.45) is 4.99 Å². The third kappa shape index (κ3) is 1.84. The van der Waals surface area contributed by atoms with E-state index >= 15 is 0 Å². The molecule has 0 spiro atoms. The third-order valence-corrected chi connectivity index (χ3v) is 4.03. The number of hydrogen-bond acceptors (Lipinski definition) is 2. The van der Waals surface area contributed by atoms with Crippen molar-refractivity contribution in [3.05, 3.63) is 70.8 Å². The zero-order chi connectivity index (χ0) is 13.5. The van der Waals surface area contributed by atoms with Gasteiger partial charge in [-0.1, -0.05) is 41.9 Å². The minimum absolute atomic E-state index is 0.206. The first kappa shape index (κ1) is 11.7. The summed E-state index contributed by atoms with van der Waals surface area (Å²) in [5, 5.41) is 0.771. The molecule has 0 saturated heterocycles. The number of halogens is 1. The van der Waals surface area contributed by atoms with E-state index in [0.29, 0.717) is 0 Å². The maximum atomic E-state index is 6.06. The van der Waals surface area contributed by atoms with Crippen LogP contribution in [0.15, 0.2) is 59.6 Å². The maximum Gasteiger partial charge on any atom is 0.128 e. The largest absolute Gasteiger partial charge is 0.324 e. The summed E-state index contributed by atoms with van der Waals surface area (Å²) in [6, 6.07) is 16.7. The molecular formula is C17H13ClN2. The minimum atomic E-state index is 0.206. The summed E-state index contributed by atoms with van der Waals surface area (Å²) in [5.41, 5.74) is 3.61.